The van der Waals surface area contributed by atoms with E-state index in [1.807, 2.05) is 0 Å². The number of fused-ring (bicyclic) bond motifs is 1. The van der Waals surface area contributed by atoms with Crippen molar-refractivity contribution < 1.29 is 14.3 Å². The van der Waals surface area contributed by atoms with Crippen LogP contribution in [0.15, 0.2) is 30.0 Å². The molecule has 6 heteroatoms. The van der Waals surface area contributed by atoms with Gasteiger partial charge in [-0.05, 0) is 76.2 Å². The molecule has 0 spiro atoms. The van der Waals surface area contributed by atoms with Crippen molar-refractivity contribution in [3.8, 4) is 11.5 Å². The maximum absolute atomic E-state index is 11.3. The van der Waals surface area contributed by atoms with E-state index in [2.05, 4.69) is 46.3 Å². The molecule has 0 saturated carbocycles. The Morgan fingerprint density at radius 3 is 2.72 bits per heavy atom. The maximum atomic E-state index is 11.3. The molecule has 2 unspecified atom stereocenters. The van der Waals surface area contributed by atoms with E-state index in [1.165, 1.54) is 43.6 Å². The van der Waals surface area contributed by atoms with Crippen molar-refractivity contribution in [1.82, 2.24) is 15.1 Å². The zero-order chi connectivity index (χ0) is 22.3. The molecule has 6 nitrogen and oxygen atoms in total. The molecule has 0 amide bonds. The Hall–Kier alpha value is -2.05. The molecule has 3 aliphatic heterocycles. The van der Waals surface area contributed by atoms with Gasteiger partial charge in [-0.1, -0.05) is 12.1 Å². The first-order valence-electron chi connectivity index (χ1n) is 12.3. The van der Waals surface area contributed by atoms with Gasteiger partial charge in [-0.3, -0.25) is 4.79 Å². The smallest absolute Gasteiger partial charge is 0.161 e. The van der Waals surface area contributed by atoms with Crippen LogP contribution in [-0.4, -0.2) is 74.1 Å². The van der Waals surface area contributed by atoms with Gasteiger partial charge >= 0.3 is 0 Å². The molecule has 2 saturated heterocycles. The van der Waals surface area contributed by atoms with E-state index in [4.69, 9.17) is 9.47 Å². The van der Waals surface area contributed by atoms with Crippen LogP contribution in [0.5, 0.6) is 11.5 Å². The number of nitrogens with zero attached hydrogens (tertiary/aromatic N) is 2. The third-order valence-corrected chi connectivity index (χ3v) is 6.93. The van der Waals surface area contributed by atoms with E-state index in [0.29, 0.717) is 31.6 Å². The first-order chi connectivity index (χ1) is 15.6. The Balaban J connectivity index is 1.33. The highest BCUT2D eigenvalue weighted by Crippen LogP contribution is 2.31. The van der Waals surface area contributed by atoms with Gasteiger partial charge in [-0.2, -0.15) is 0 Å². The average Bonchev–Trinajstić information content (AvgIpc) is 3.48. The maximum Gasteiger partial charge on any atom is 0.161 e. The normalized spacial score (nSPS) is 22.4. The van der Waals surface area contributed by atoms with Crippen molar-refractivity contribution in [2.24, 2.45) is 5.92 Å². The van der Waals surface area contributed by atoms with Gasteiger partial charge < -0.3 is 24.6 Å². The summed E-state index contributed by atoms with van der Waals surface area (Å²) in [6.45, 7) is 11.8. The summed E-state index contributed by atoms with van der Waals surface area (Å²) in [7, 11) is 0. The SMILES string of the molecule is CC(=O)CC=C(C)N1CCC(CNC(Cc2ccc3c(c2)OCCO3)CN2CCCC2)C1. The quantitative estimate of drug-likeness (QED) is 0.602. The van der Waals surface area contributed by atoms with Crippen molar-refractivity contribution in [2.45, 2.75) is 52.0 Å². The lowest BCUT2D eigenvalue weighted by Gasteiger charge is -2.27. The fraction of sp³-hybridized carbons (Fsp3) is 0.654. The fourth-order valence-corrected chi connectivity index (χ4v) is 5.05. The minimum absolute atomic E-state index is 0.227. The zero-order valence-corrected chi connectivity index (χ0v) is 19.8. The van der Waals surface area contributed by atoms with Crippen molar-refractivity contribution >= 4 is 5.78 Å². The van der Waals surface area contributed by atoms with Crippen LogP contribution >= 0.6 is 0 Å². The molecule has 0 bridgehead atoms. The molecule has 0 aromatic heterocycles. The molecule has 3 aliphatic rings. The highest BCUT2D eigenvalue weighted by atomic mass is 16.6. The molecule has 1 aromatic carbocycles. The van der Waals surface area contributed by atoms with Crippen molar-refractivity contribution in [1.29, 1.82) is 0 Å². The summed E-state index contributed by atoms with van der Waals surface area (Å²) < 4.78 is 11.5. The predicted molar refractivity (Wildman–Crippen MR) is 127 cm³/mol. The van der Waals surface area contributed by atoms with Gasteiger partial charge in [0.1, 0.15) is 19.0 Å². The van der Waals surface area contributed by atoms with Gasteiger partial charge in [0.05, 0.1) is 0 Å². The number of nitrogens with one attached hydrogen (secondary N) is 1. The average molecular weight is 442 g/mol. The third-order valence-electron chi connectivity index (χ3n) is 6.93. The topological polar surface area (TPSA) is 54.0 Å². The lowest BCUT2D eigenvalue weighted by Crippen LogP contribution is -2.43. The zero-order valence-electron chi connectivity index (χ0n) is 19.8. The van der Waals surface area contributed by atoms with Gasteiger partial charge in [0.2, 0.25) is 0 Å². The number of ketones is 1. The first-order valence-corrected chi connectivity index (χ1v) is 12.3. The van der Waals surface area contributed by atoms with Crippen LogP contribution in [-0.2, 0) is 11.2 Å². The number of ether oxygens (including phenoxy) is 2. The molecule has 2 fully saturated rings. The largest absolute Gasteiger partial charge is 0.486 e. The number of likely N-dealkylation sites (tertiary alicyclic amines) is 2. The van der Waals surface area contributed by atoms with E-state index >= 15 is 0 Å². The molecule has 176 valence electrons. The summed E-state index contributed by atoms with van der Waals surface area (Å²) in [4.78, 5) is 16.3. The summed E-state index contributed by atoms with van der Waals surface area (Å²) in [5.74, 6) is 2.62. The Bertz CT molecular complexity index is 804. The number of benzene rings is 1. The van der Waals surface area contributed by atoms with E-state index in [0.717, 1.165) is 44.1 Å². The second kappa shape index (κ2) is 11.2. The highest BCUT2D eigenvalue weighted by Gasteiger charge is 2.25. The van der Waals surface area contributed by atoms with Gasteiger partial charge in [0.25, 0.3) is 0 Å². The van der Waals surface area contributed by atoms with Gasteiger partial charge in [0.15, 0.2) is 11.5 Å². The molecule has 4 rings (SSSR count). The van der Waals surface area contributed by atoms with Crippen LogP contribution in [0.4, 0.5) is 0 Å². The van der Waals surface area contributed by atoms with E-state index < -0.39 is 0 Å². The van der Waals surface area contributed by atoms with Crippen LogP contribution in [0.25, 0.3) is 0 Å². The minimum Gasteiger partial charge on any atom is -0.486 e. The first kappa shape index (κ1) is 23.1. The summed E-state index contributed by atoms with van der Waals surface area (Å²) >= 11 is 0. The lowest BCUT2D eigenvalue weighted by atomic mass is 10.0. The van der Waals surface area contributed by atoms with Gasteiger partial charge in [-0.25, -0.2) is 0 Å². The molecule has 3 heterocycles. The van der Waals surface area contributed by atoms with Crippen LogP contribution in [0, 0.1) is 5.92 Å². The monoisotopic (exact) mass is 441 g/mol. The number of rotatable bonds is 10. The highest BCUT2D eigenvalue weighted by molar-refractivity contribution is 5.77. The third kappa shape index (κ3) is 6.48. The summed E-state index contributed by atoms with van der Waals surface area (Å²) in [6.07, 6.45) is 7.47. The minimum atomic E-state index is 0.227. The lowest BCUT2D eigenvalue weighted by molar-refractivity contribution is -0.116. The van der Waals surface area contributed by atoms with Gasteiger partial charge in [-0.15, -0.1) is 0 Å². The number of hydrogen-bond acceptors (Lipinski definition) is 6. The number of hydrogen-bond donors (Lipinski definition) is 1. The molecule has 0 radical (unpaired) electrons. The molecule has 2 atom stereocenters. The number of allylic oxidation sites excluding steroid dienone is 2. The van der Waals surface area contributed by atoms with Crippen molar-refractivity contribution in [2.75, 3.05) is 52.5 Å². The Labute approximate surface area is 192 Å². The summed E-state index contributed by atoms with van der Waals surface area (Å²) in [5, 5.41) is 3.91. The predicted octanol–water partition coefficient (Wildman–Crippen LogP) is 3.26. The van der Waals surface area contributed by atoms with Crippen LogP contribution < -0.4 is 14.8 Å². The molecular weight excluding hydrogens is 402 g/mol. The molecule has 1 aromatic rings. The number of Topliss-reactive ketones (excluding diaryl/α,β-unsaturated/α-hetero) is 1. The Morgan fingerprint density at radius 2 is 1.94 bits per heavy atom. The standard InChI is InChI=1S/C26H39N3O3/c1-20(5-6-21(2)30)29-12-9-23(18-29)17-27-24(19-28-10-3-4-11-28)15-22-7-8-25-26(16-22)32-14-13-31-25/h5,7-8,16,23-24,27H,3-4,6,9-15,17-19H2,1-2H3. The van der Waals surface area contributed by atoms with Crippen molar-refractivity contribution in [3.63, 3.8) is 0 Å². The Morgan fingerprint density at radius 1 is 1.16 bits per heavy atom. The van der Waals surface area contributed by atoms with Crippen molar-refractivity contribution in [3.05, 3.63) is 35.5 Å². The van der Waals surface area contributed by atoms with E-state index in [1.54, 1.807) is 6.92 Å². The van der Waals surface area contributed by atoms with Crippen LogP contribution in [0.1, 0.15) is 45.1 Å². The fourth-order valence-electron chi connectivity index (χ4n) is 5.05. The summed E-state index contributed by atoms with van der Waals surface area (Å²) in [5.41, 5.74) is 2.55. The molecule has 0 aliphatic carbocycles. The number of carbonyl (C=O) groups is 1. The van der Waals surface area contributed by atoms with Crippen LogP contribution in [0.2, 0.25) is 0 Å². The molecule has 1 N–H and O–H groups in total. The second-order valence-corrected chi connectivity index (χ2v) is 9.65. The number of carbonyl (C=O) groups excluding carboxylic acids is 1. The Kier molecular flexibility index (Phi) is 8.09. The summed E-state index contributed by atoms with van der Waals surface area (Å²) in [6, 6.07) is 6.83. The second-order valence-electron chi connectivity index (χ2n) is 9.65. The van der Waals surface area contributed by atoms with E-state index in [-0.39, 0.29) is 5.78 Å². The molecule has 32 heavy (non-hydrogen) atoms. The van der Waals surface area contributed by atoms with E-state index in [9.17, 15) is 4.79 Å². The molecular formula is C26H39N3O3. The van der Waals surface area contributed by atoms with Gasteiger partial charge in [0, 0.05) is 44.3 Å². The van der Waals surface area contributed by atoms with Crippen LogP contribution in [0.3, 0.4) is 0 Å².